The van der Waals surface area contributed by atoms with Crippen LogP contribution in [0.1, 0.15) is 5.56 Å². The molecule has 0 heterocycles. The van der Waals surface area contributed by atoms with Gasteiger partial charge in [-0.2, -0.15) is 0 Å². The molecule has 0 aliphatic carbocycles. The fourth-order valence-electron chi connectivity index (χ4n) is 0.637. The summed E-state index contributed by atoms with van der Waals surface area (Å²) in [6, 6.07) is 8.67. The minimum absolute atomic E-state index is 0. The Balaban J connectivity index is 0.000000640. The second-order valence-corrected chi connectivity index (χ2v) is 3.31. The van der Waals surface area contributed by atoms with E-state index in [0.717, 1.165) is 0 Å². The molecule has 0 radical (unpaired) electrons. The zero-order chi connectivity index (χ0) is 5.98. The fraction of sp³-hybridized carbons (Fsp3) is 0.143. The third kappa shape index (κ3) is 3.14. The molecule has 1 rings (SSSR count). The second kappa shape index (κ2) is 4.21. The molecule has 0 atom stereocenters. The molecule has 0 spiro atoms. The van der Waals surface area contributed by atoms with Gasteiger partial charge >= 0.3 is 18.9 Å². The van der Waals surface area contributed by atoms with Crippen LogP contribution in [0.3, 0.4) is 0 Å². The van der Waals surface area contributed by atoms with Gasteiger partial charge in [0.1, 0.15) is 0 Å². The van der Waals surface area contributed by atoms with Gasteiger partial charge in [0, 0.05) is 0 Å². The van der Waals surface area contributed by atoms with E-state index in [-0.39, 0.29) is 18.9 Å². The third-order valence-corrected chi connectivity index (χ3v) is 1.88. The molecule has 42 valence electrons. The van der Waals surface area contributed by atoms with Gasteiger partial charge in [0.2, 0.25) is 0 Å². The molecule has 1 aromatic carbocycles. The van der Waals surface area contributed by atoms with Crippen molar-refractivity contribution in [2.24, 2.45) is 0 Å². The maximum atomic E-state index is 2.18. The summed E-state index contributed by atoms with van der Waals surface area (Å²) in [7, 11) is 0. The summed E-state index contributed by atoms with van der Waals surface area (Å²) in [5, 5.41) is 0. The first-order valence-electron chi connectivity index (χ1n) is 2.82. The van der Waals surface area contributed by atoms with E-state index in [1.165, 1.54) is 26.3 Å². The first kappa shape index (κ1) is 9.35. The third-order valence-electron chi connectivity index (χ3n) is 1.22. The van der Waals surface area contributed by atoms with Gasteiger partial charge < -0.3 is 0 Å². The van der Waals surface area contributed by atoms with E-state index in [4.69, 9.17) is 0 Å². The van der Waals surface area contributed by atoms with Crippen LogP contribution < -0.4 is 4.43 Å². The summed E-state index contributed by atoms with van der Waals surface area (Å²) >= 11 is 1.17. The zero-order valence-electron chi connectivity index (χ0n) is 5.31. The average Bonchev–Trinajstić information content (AvgIpc) is 1.77. The van der Waals surface area contributed by atoms with E-state index >= 15 is 0 Å². The second-order valence-electron chi connectivity index (χ2n) is 2.15. The van der Waals surface area contributed by atoms with E-state index in [2.05, 4.69) is 31.2 Å². The van der Waals surface area contributed by atoms with Crippen LogP contribution in [-0.2, 0) is 0 Å². The van der Waals surface area contributed by atoms with Crippen molar-refractivity contribution in [1.82, 2.24) is 0 Å². The van der Waals surface area contributed by atoms with Crippen molar-refractivity contribution in [2.45, 2.75) is 6.92 Å². The molecule has 0 bridgehead atoms. The van der Waals surface area contributed by atoms with Crippen molar-refractivity contribution in [3.05, 3.63) is 29.8 Å². The van der Waals surface area contributed by atoms with Crippen molar-refractivity contribution in [1.29, 1.82) is 0 Å². The summed E-state index contributed by atoms with van der Waals surface area (Å²) in [6.45, 7) is 2.11. The standard InChI is InChI=1S/C7H7.Al.Li.3H/c1-7-5-3-2-4-6-7;;;;;/h3-6H,1H3;;;;;. The first-order chi connectivity index (χ1) is 3.79. The predicted molar refractivity (Wildman–Crippen MR) is 46.5 cm³/mol. The van der Waals surface area contributed by atoms with E-state index in [0.29, 0.717) is 0 Å². The van der Waals surface area contributed by atoms with Crippen LogP contribution in [-0.4, -0.2) is 35.2 Å². The van der Waals surface area contributed by atoms with Gasteiger partial charge in [-0.15, -0.1) is 4.43 Å². The number of benzene rings is 1. The molecule has 9 heavy (non-hydrogen) atoms. The average molecular weight is 128 g/mol. The summed E-state index contributed by atoms with van der Waals surface area (Å²) in [6.07, 6.45) is 0. The van der Waals surface area contributed by atoms with Crippen LogP contribution in [0.25, 0.3) is 0 Å². The van der Waals surface area contributed by atoms with Crippen LogP contribution in [0, 0.1) is 6.92 Å². The Bertz CT molecular complexity index is 148. The molecule has 0 amide bonds. The van der Waals surface area contributed by atoms with Crippen molar-refractivity contribution in [3.8, 4) is 0 Å². The van der Waals surface area contributed by atoms with Crippen LogP contribution in [0.4, 0.5) is 0 Å². The molecular formula is C7H10AlLi. The monoisotopic (exact) mass is 128 g/mol. The quantitative estimate of drug-likeness (QED) is 0.417. The van der Waals surface area contributed by atoms with Gasteiger partial charge in [-0.1, -0.05) is 29.8 Å². The molecule has 0 unspecified atom stereocenters. The molecule has 2 heteroatoms. The first-order valence-corrected chi connectivity index (χ1v) is 3.82. The normalized spacial score (nSPS) is 8.11. The molecule has 0 N–H and O–H groups in total. The molecule has 0 aliphatic rings. The molecule has 0 saturated heterocycles. The minimum atomic E-state index is 0. The van der Waals surface area contributed by atoms with Gasteiger partial charge in [-0.05, 0) is 6.92 Å². The predicted octanol–water partition coefficient (Wildman–Crippen LogP) is -0.395. The van der Waals surface area contributed by atoms with E-state index in [1.54, 1.807) is 0 Å². The van der Waals surface area contributed by atoms with Gasteiger partial charge in [-0.3, -0.25) is 0 Å². The molecule has 1 aromatic rings. The van der Waals surface area contributed by atoms with Crippen LogP contribution >= 0.6 is 0 Å². The molecule has 0 fully saturated rings. The Morgan fingerprint density at radius 3 is 1.89 bits per heavy atom. The van der Waals surface area contributed by atoms with E-state index in [1.807, 2.05) is 0 Å². The molecule has 0 aromatic heterocycles. The maximum absolute atomic E-state index is 2.18. The summed E-state index contributed by atoms with van der Waals surface area (Å²) in [4.78, 5) is 0. The summed E-state index contributed by atoms with van der Waals surface area (Å²) in [5.41, 5.74) is 1.35. The van der Waals surface area contributed by atoms with Crippen molar-refractivity contribution in [2.75, 3.05) is 0 Å². The van der Waals surface area contributed by atoms with Gasteiger partial charge in [0.15, 0.2) is 0 Å². The number of hydrogen-bond acceptors (Lipinski definition) is 0. The van der Waals surface area contributed by atoms with Crippen LogP contribution in [0.2, 0.25) is 0 Å². The Morgan fingerprint density at radius 1 is 1.11 bits per heavy atom. The Kier molecular flexibility index (Phi) is 4.37. The molecule has 0 nitrogen and oxygen atoms in total. The van der Waals surface area contributed by atoms with Crippen LogP contribution in [0.15, 0.2) is 24.3 Å². The SMILES string of the molecule is Cc1cc[c]([AlH2])cc1.[LiH]. The van der Waals surface area contributed by atoms with Crippen LogP contribution in [0.5, 0.6) is 0 Å². The Morgan fingerprint density at radius 2 is 1.56 bits per heavy atom. The zero-order valence-corrected chi connectivity index (χ0v) is 7.31. The number of rotatable bonds is 0. The van der Waals surface area contributed by atoms with Crippen molar-refractivity contribution in [3.63, 3.8) is 0 Å². The number of hydrogen-bond donors (Lipinski definition) is 0. The topological polar surface area (TPSA) is 0 Å². The van der Waals surface area contributed by atoms with E-state index in [9.17, 15) is 0 Å². The summed E-state index contributed by atoms with van der Waals surface area (Å²) < 4.78 is 1.47. The van der Waals surface area contributed by atoms with Gasteiger partial charge in [0.05, 0.1) is 0 Å². The molecular weight excluding hydrogens is 118 g/mol. The Labute approximate surface area is 76.3 Å². The fourth-order valence-corrected chi connectivity index (χ4v) is 0.970. The van der Waals surface area contributed by atoms with Crippen molar-refractivity contribution >= 4 is 39.6 Å². The molecule has 0 aliphatic heterocycles. The summed E-state index contributed by atoms with van der Waals surface area (Å²) in [5.74, 6) is 0. The van der Waals surface area contributed by atoms with E-state index < -0.39 is 0 Å². The van der Waals surface area contributed by atoms with Crippen molar-refractivity contribution < 1.29 is 0 Å². The van der Waals surface area contributed by atoms with Gasteiger partial charge in [0.25, 0.3) is 16.3 Å². The number of aryl methyl sites for hydroxylation is 1. The Hall–Kier alpha value is 0.350. The molecule has 0 saturated carbocycles. The van der Waals surface area contributed by atoms with Gasteiger partial charge in [-0.25, -0.2) is 0 Å².